The quantitative estimate of drug-likeness (QED) is 0.861. The standard InChI is InChI=1S/C13H18N4O/c1-10-4-3-5-11(6-7-14)13(10)18-8-12-15-9-16-17(12)2/h3-5,9H,6-8,14H2,1-2H3. The molecule has 0 spiro atoms. The highest BCUT2D eigenvalue weighted by atomic mass is 16.5. The second kappa shape index (κ2) is 5.64. The highest BCUT2D eigenvalue weighted by Gasteiger charge is 2.08. The molecule has 0 fully saturated rings. The molecular formula is C13H18N4O. The van der Waals surface area contributed by atoms with Crippen molar-refractivity contribution < 1.29 is 4.74 Å². The van der Waals surface area contributed by atoms with Gasteiger partial charge < -0.3 is 10.5 Å². The number of nitrogens with two attached hydrogens (primary N) is 1. The molecule has 5 heteroatoms. The predicted octanol–water partition coefficient (Wildman–Crippen LogP) is 1.20. The Balaban J connectivity index is 2.15. The van der Waals surface area contributed by atoms with E-state index in [0.717, 1.165) is 29.1 Å². The van der Waals surface area contributed by atoms with Crippen LogP contribution in [-0.4, -0.2) is 21.3 Å². The number of hydrogen-bond acceptors (Lipinski definition) is 4. The highest BCUT2D eigenvalue weighted by Crippen LogP contribution is 2.24. The lowest BCUT2D eigenvalue weighted by atomic mass is 10.1. The number of para-hydroxylation sites is 1. The highest BCUT2D eigenvalue weighted by molar-refractivity contribution is 5.41. The minimum Gasteiger partial charge on any atom is -0.485 e. The molecule has 1 aromatic carbocycles. The largest absolute Gasteiger partial charge is 0.485 e. The Kier molecular flexibility index (Phi) is 3.94. The van der Waals surface area contributed by atoms with Gasteiger partial charge in [0.1, 0.15) is 18.7 Å². The van der Waals surface area contributed by atoms with Crippen molar-refractivity contribution in [3.05, 3.63) is 41.5 Å². The molecule has 18 heavy (non-hydrogen) atoms. The third kappa shape index (κ3) is 2.68. The van der Waals surface area contributed by atoms with Gasteiger partial charge in [0.25, 0.3) is 0 Å². The van der Waals surface area contributed by atoms with Crippen LogP contribution in [0.25, 0.3) is 0 Å². The third-order valence-corrected chi connectivity index (χ3v) is 2.86. The Morgan fingerprint density at radius 2 is 2.22 bits per heavy atom. The zero-order valence-corrected chi connectivity index (χ0v) is 10.8. The van der Waals surface area contributed by atoms with Gasteiger partial charge in [0.05, 0.1) is 0 Å². The van der Waals surface area contributed by atoms with Gasteiger partial charge in [0.15, 0.2) is 5.82 Å². The van der Waals surface area contributed by atoms with Crippen LogP contribution in [-0.2, 0) is 20.1 Å². The minimum absolute atomic E-state index is 0.416. The normalized spacial score (nSPS) is 10.6. The number of benzene rings is 1. The molecular weight excluding hydrogens is 228 g/mol. The van der Waals surface area contributed by atoms with Crippen LogP contribution in [0.1, 0.15) is 17.0 Å². The molecule has 5 nitrogen and oxygen atoms in total. The number of ether oxygens (including phenoxy) is 1. The van der Waals surface area contributed by atoms with Gasteiger partial charge in [-0.1, -0.05) is 18.2 Å². The SMILES string of the molecule is Cc1cccc(CCN)c1OCc1ncnn1C. The molecule has 0 radical (unpaired) electrons. The fourth-order valence-corrected chi connectivity index (χ4v) is 1.86. The molecule has 0 aliphatic heterocycles. The van der Waals surface area contributed by atoms with Gasteiger partial charge in [-0.2, -0.15) is 5.10 Å². The summed E-state index contributed by atoms with van der Waals surface area (Å²) in [4.78, 5) is 4.14. The van der Waals surface area contributed by atoms with Crippen molar-refractivity contribution in [3.8, 4) is 5.75 Å². The smallest absolute Gasteiger partial charge is 0.164 e. The molecule has 0 unspecified atom stereocenters. The first kappa shape index (κ1) is 12.6. The maximum atomic E-state index is 5.87. The Morgan fingerprint density at radius 3 is 2.89 bits per heavy atom. The Labute approximate surface area is 107 Å². The summed E-state index contributed by atoms with van der Waals surface area (Å²) in [6, 6.07) is 6.10. The van der Waals surface area contributed by atoms with E-state index in [4.69, 9.17) is 10.5 Å². The lowest BCUT2D eigenvalue weighted by molar-refractivity contribution is 0.285. The van der Waals surface area contributed by atoms with E-state index in [1.807, 2.05) is 32.2 Å². The van der Waals surface area contributed by atoms with Crippen molar-refractivity contribution in [2.45, 2.75) is 20.0 Å². The fraction of sp³-hybridized carbons (Fsp3) is 0.385. The van der Waals surface area contributed by atoms with E-state index in [-0.39, 0.29) is 0 Å². The van der Waals surface area contributed by atoms with E-state index in [1.54, 1.807) is 4.68 Å². The summed E-state index contributed by atoms with van der Waals surface area (Å²) >= 11 is 0. The monoisotopic (exact) mass is 246 g/mol. The summed E-state index contributed by atoms with van der Waals surface area (Å²) in [6.07, 6.45) is 2.34. The second-order valence-electron chi connectivity index (χ2n) is 4.19. The number of nitrogens with zero attached hydrogens (tertiary/aromatic N) is 3. The Morgan fingerprint density at radius 1 is 1.39 bits per heavy atom. The van der Waals surface area contributed by atoms with Gasteiger partial charge in [-0.15, -0.1) is 0 Å². The second-order valence-corrected chi connectivity index (χ2v) is 4.19. The molecule has 0 saturated heterocycles. The predicted molar refractivity (Wildman–Crippen MR) is 69.3 cm³/mol. The van der Waals surface area contributed by atoms with Gasteiger partial charge in [0.2, 0.25) is 0 Å². The van der Waals surface area contributed by atoms with Gasteiger partial charge in [-0.05, 0) is 31.0 Å². The third-order valence-electron chi connectivity index (χ3n) is 2.86. The maximum absolute atomic E-state index is 5.87. The first-order chi connectivity index (χ1) is 8.72. The molecule has 2 aromatic rings. The topological polar surface area (TPSA) is 66.0 Å². The van der Waals surface area contributed by atoms with Crippen LogP contribution in [0.4, 0.5) is 0 Å². The van der Waals surface area contributed by atoms with E-state index in [2.05, 4.69) is 10.1 Å². The number of hydrogen-bond donors (Lipinski definition) is 1. The molecule has 0 bridgehead atoms. The molecule has 2 N–H and O–H groups in total. The van der Waals surface area contributed by atoms with Crippen molar-refractivity contribution >= 4 is 0 Å². The summed E-state index contributed by atoms with van der Waals surface area (Å²) in [5.41, 5.74) is 7.86. The summed E-state index contributed by atoms with van der Waals surface area (Å²) in [7, 11) is 1.85. The minimum atomic E-state index is 0.416. The summed E-state index contributed by atoms with van der Waals surface area (Å²) in [6.45, 7) is 3.06. The van der Waals surface area contributed by atoms with Gasteiger partial charge in [-0.25, -0.2) is 4.98 Å². The van der Waals surface area contributed by atoms with Gasteiger partial charge in [-0.3, -0.25) is 4.68 Å². The van der Waals surface area contributed by atoms with Crippen LogP contribution >= 0.6 is 0 Å². The fourth-order valence-electron chi connectivity index (χ4n) is 1.86. The van der Waals surface area contributed by atoms with E-state index < -0.39 is 0 Å². The van der Waals surface area contributed by atoms with Crippen molar-refractivity contribution in [2.75, 3.05) is 6.54 Å². The zero-order chi connectivity index (χ0) is 13.0. The summed E-state index contributed by atoms with van der Waals surface area (Å²) < 4.78 is 7.58. The lowest BCUT2D eigenvalue weighted by Gasteiger charge is -2.13. The summed E-state index contributed by atoms with van der Waals surface area (Å²) in [5.74, 6) is 1.71. The molecule has 0 atom stereocenters. The van der Waals surface area contributed by atoms with Crippen LogP contribution in [0.3, 0.4) is 0 Å². The Hall–Kier alpha value is -1.88. The van der Waals surface area contributed by atoms with Crippen molar-refractivity contribution in [1.29, 1.82) is 0 Å². The number of rotatable bonds is 5. The van der Waals surface area contributed by atoms with E-state index >= 15 is 0 Å². The van der Waals surface area contributed by atoms with Crippen LogP contribution in [0.5, 0.6) is 5.75 Å². The van der Waals surface area contributed by atoms with Crippen LogP contribution < -0.4 is 10.5 Å². The van der Waals surface area contributed by atoms with Gasteiger partial charge in [0, 0.05) is 7.05 Å². The van der Waals surface area contributed by atoms with Crippen molar-refractivity contribution in [1.82, 2.24) is 14.8 Å². The summed E-state index contributed by atoms with van der Waals surface area (Å²) in [5, 5.41) is 4.02. The molecule has 0 aliphatic carbocycles. The van der Waals surface area contributed by atoms with E-state index in [0.29, 0.717) is 13.2 Å². The number of aryl methyl sites for hydroxylation is 2. The Bertz CT molecular complexity index is 521. The first-order valence-electron chi connectivity index (χ1n) is 5.96. The average Bonchev–Trinajstić information content (AvgIpc) is 2.75. The van der Waals surface area contributed by atoms with Gasteiger partial charge >= 0.3 is 0 Å². The van der Waals surface area contributed by atoms with E-state index in [1.165, 1.54) is 6.33 Å². The molecule has 1 aromatic heterocycles. The molecule has 1 heterocycles. The van der Waals surface area contributed by atoms with Crippen LogP contribution in [0, 0.1) is 6.92 Å². The van der Waals surface area contributed by atoms with Crippen molar-refractivity contribution in [3.63, 3.8) is 0 Å². The van der Waals surface area contributed by atoms with E-state index in [9.17, 15) is 0 Å². The molecule has 0 aliphatic rings. The molecule has 96 valence electrons. The molecule has 0 amide bonds. The first-order valence-corrected chi connectivity index (χ1v) is 5.96. The molecule has 2 rings (SSSR count). The van der Waals surface area contributed by atoms with Crippen LogP contribution in [0.15, 0.2) is 24.5 Å². The molecule has 0 saturated carbocycles. The number of aromatic nitrogens is 3. The van der Waals surface area contributed by atoms with Crippen molar-refractivity contribution in [2.24, 2.45) is 12.8 Å². The lowest BCUT2D eigenvalue weighted by Crippen LogP contribution is -2.09. The zero-order valence-electron chi connectivity index (χ0n) is 10.8. The van der Waals surface area contributed by atoms with Crippen LogP contribution in [0.2, 0.25) is 0 Å². The average molecular weight is 246 g/mol. The maximum Gasteiger partial charge on any atom is 0.164 e.